The number of carbonyl (C=O) groups is 2. The van der Waals surface area contributed by atoms with E-state index in [1.165, 1.54) is 11.4 Å². The van der Waals surface area contributed by atoms with Gasteiger partial charge in [-0.2, -0.15) is 0 Å². The lowest BCUT2D eigenvalue weighted by atomic mass is 10.1. The maximum absolute atomic E-state index is 13.4. The number of halogens is 1. The van der Waals surface area contributed by atoms with Crippen LogP contribution in [0.2, 0.25) is 5.02 Å². The Bertz CT molecular complexity index is 1100. The molecular weight excluding hydrogens is 498 g/mol. The Morgan fingerprint density at radius 2 is 1.69 bits per heavy atom. The van der Waals surface area contributed by atoms with E-state index in [0.717, 1.165) is 31.2 Å². The molecule has 0 radical (unpaired) electrons. The Morgan fingerprint density at radius 1 is 1.06 bits per heavy atom. The summed E-state index contributed by atoms with van der Waals surface area (Å²) >= 11 is 6.03. The Balaban J connectivity index is 1.68. The van der Waals surface area contributed by atoms with Gasteiger partial charge in [-0.1, -0.05) is 61.7 Å². The van der Waals surface area contributed by atoms with Crippen LogP contribution in [0, 0.1) is 0 Å². The van der Waals surface area contributed by atoms with Gasteiger partial charge in [-0.3, -0.25) is 9.59 Å². The fraction of sp³-hybridized carbons (Fsp3) is 0.481. The number of hydrogen-bond donors (Lipinski definition) is 1. The molecule has 9 heteroatoms. The SMILES string of the molecule is CC[C@@H](C(=O)NC1CCCC1)N(Cc1ccc(Cl)cc1)C(=O)CCCN(C)S(=O)(=O)c1ccccc1. The largest absolute Gasteiger partial charge is 0.352 e. The number of rotatable bonds is 12. The molecule has 2 aromatic rings. The number of nitrogens with one attached hydrogen (secondary N) is 1. The highest BCUT2D eigenvalue weighted by atomic mass is 35.5. The summed E-state index contributed by atoms with van der Waals surface area (Å²) in [5.74, 6) is -0.306. The third kappa shape index (κ3) is 7.54. The van der Waals surface area contributed by atoms with Crippen molar-refractivity contribution in [1.82, 2.24) is 14.5 Å². The fourth-order valence-electron chi connectivity index (χ4n) is 4.56. The number of amides is 2. The zero-order valence-electron chi connectivity index (χ0n) is 21.0. The van der Waals surface area contributed by atoms with Crippen LogP contribution < -0.4 is 5.32 Å². The van der Waals surface area contributed by atoms with Gasteiger partial charge in [-0.15, -0.1) is 0 Å². The van der Waals surface area contributed by atoms with Crippen molar-refractivity contribution in [3.63, 3.8) is 0 Å². The molecule has 0 spiro atoms. The van der Waals surface area contributed by atoms with Crippen molar-refractivity contribution in [2.24, 2.45) is 0 Å². The van der Waals surface area contributed by atoms with Gasteiger partial charge in [0.05, 0.1) is 4.90 Å². The lowest BCUT2D eigenvalue weighted by molar-refractivity contribution is -0.141. The zero-order valence-corrected chi connectivity index (χ0v) is 22.6. The lowest BCUT2D eigenvalue weighted by Crippen LogP contribution is -2.51. The van der Waals surface area contributed by atoms with E-state index in [1.807, 2.05) is 19.1 Å². The smallest absolute Gasteiger partial charge is 0.243 e. The summed E-state index contributed by atoms with van der Waals surface area (Å²) in [5, 5.41) is 3.73. The van der Waals surface area contributed by atoms with Crippen LogP contribution in [0.15, 0.2) is 59.5 Å². The van der Waals surface area contributed by atoms with E-state index in [4.69, 9.17) is 11.6 Å². The molecule has 0 saturated heterocycles. The van der Waals surface area contributed by atoms with E-state index in [2.05, 4.69) is 5.32 Å². The molecule has 1 N–H and O–H groups in total. The van der Waals surface area contributed by atoms with Crippen LogP contribution >= 0.6 is 11.6 Å². The quantitative estimate of drug-likeness (QED) is 0.432. The van der Waals surface area contributed by atoms with Crippen LogP contribution in [0.3, 0.4) is 0 Å². The van der Waals surface area contributed by atoms with Crippen LogP contribution in [0.25, 0.3) is 0 Å². The van der Waals surface area contributed by atoms with Crippen molar-refractivity contribution in [2.75, 3.05) is 13.6 Å². The number of nitrogens with zero attached hydrogens (tertiary/aromatic N) is 2. The van der Waals surface area contributed by atoms with Gasteiger partial charge in [-0.05, 0) is 55.5 Å². The molecule has 1 aliphatic rings. The van der Waals surface area contributed by atoms with Gasteiger partial charge in [0, 0.05) is 37.6 Å². The molecule has 2 amide bonds. The molecule has 0 heterocycles. The first-order chi connectivity index (χ1) is 17.2. The zero-order chi connectivity index (χ0) is 26.1. The van der Waals surface area contributed by atoms with Crippen molar-refractivity contribution >= 4 is 33.4 Å². The summed E-state index contributed by atoms with van der Waals surface area (Å²) in [6, 6.07) is 15.0. The molecule has 1 fully saturated rings. The van der Waals surface area contributed by atoms with Gasteiger partial charge in [0.25, 0.3) is 0 Å². The Kier molecular flexibility index (Phi) is 10.3. The minimum atomic E-state index is -3.63. The van der Waals surface area contributed by atoms with Gasteiger partial charge in [0.1, 0.15) is 6.04 Å². The minimum absolute atomic E-state index is 0.129. The highest BCUT2D eigenvalue weighted by molar-refractivity contribution is 7.89. The van der Waals surface area contributed by atoms with E-state index in [9.17, 15) is 18.0 Å². The third-order valence-corrected chi connectivity index (χ3v) is 8.79. The van der Waals surface area contributed by atoms with Crippen molar-refractivity contribution in [2.45, 2.75) is 75.4 Å². The van der Waals surface area contributed by atoms with Gasteiger partial charge in [0.15, 0.2) is 0 Å². The molecule has 1 aliphatic carbocycles. The standard InChI is InChI=1S/C27H36ClN3O4S/c1-3-25(27(33)29-23-10-7-8-11-23)31(20-21-15-17-22(28)18-16-21)26(32)14-9-19-30(2)36(34,35)24-12-5-4-6-13-24/h4-6,12-13,15-18,23,25H,3,7-11,14,19-20H2,1-2H3,(H,29,33)/t25-/m0/s1. The second kappa shape index (κ2) is 13.2. The second-order valence-electron chi connectivity index (χ2n) is 9.31. The minimum Gasteiger partial charge on any atom is -0.352 e. The number of sulfonamides is 1. The van der Waals surface area contributed by atoms with E-state index in [1.54, 1.807) is 47.4 Å². The van der Waals surface area contributed by atoms with E-state index in [0.29, 0.717) is 17.9 Å². The van der Waals surface area contributed by atoms with Crippen molar-refractivity contribution in [3.8, 4) is 0 Å². The molecule has 1 atom stereocenters. The highest BCUT2D eigenvalue weighted by Gasteiger charge is 2.30. The van der Waals surface area contributed by atoms with E-state index in [-0.39, 0.29) is 42.3 Å². The molecule has 0 aromatic heterocycles. The molecule has 1 saturated carbocycles. The molecule has 0 bridgehead atoms. The fourth-order valence-corrected chi connectivity index (χ4v) is 5.92. The average molecular weight is 534 g/mol. The highest BCUT2D eigenvalue weighted by Crippen LogP contribution is 2.21. The molecule has 196 valence electrons. The summed E-state index contributed by atoms with van der Waals surface area (Å²) in [6.07, 6.45) is 5.11. The van der Waals surface area contributed by atoms with Crippen LogP contribution in [0.5, 0.6) is 0 Å². The maximum Gasteiger partial charge on any atom is 0.243 e. The van der Waals surface area contributed by atoms with E-state index >= 15 is 0 Å². The monoisotopic (exact) mass is 533 g/mol. The van der Waals surface area contributed by atoms with Gasteiger partial charge < -0.3 is 10.2 Å². The number of carbonyl (C=O) groups excluding carboxylic acids is 2. The van der Waals surface area contributed by atoms with Crippen LogP contribution in [0.4, 0.5) is 0 Å². The van der Waals surface area contributed by atoms with Gasteiger partial charge in [0.2, 0.25) is 21.8 Å². The lowest BCUT2D eigenvalue weighted by Gasteiger charge is -2.32. The molecule has 36 heavy (non-hydrogen) atoms. The summed E-state index contributed by atoms with van der Waals surface area (Å²) in [5.41, 5.74) is 0.878. The third-order valence-electron chi connectivity index (χ3n) is 6.67. The Morgan fingerprint density at radius 3 is 2.31 bits per heavy atom. The summed E-state index contributed by atoms with van der Waals surface area (Å²) < 4.78 is 26.8. The maximum atomic E-state index is 13.4. The molecule has 0 unspecified atom stereocenters. The number of benzene rings is 2. The summed E-state index contributed by atoms with van der Waals surface area (Å²) in [6.45, 7) is 2.38. The van der Waals surface area contributed by atoms with E-state index < -0.39 is 16.1 Å². The summed E-state index contributed by atoms with van der Waals surface area (Å²) in [4.78, 5) is 28.4. The Hall–Kier alpha value is -2.42. The molecule has 2 aromatic carbocycles. The van der Waals surface area contributed by atoms with Crippen LogP contribution in [0.1, 0.15) is 57.4 Å². The predicted molar refractivity (Wildman–Crippen MR) is 142 cm³/mol. The summed E-state index contributed by atoms with van der Waals surface area (Å²) in [7, 11) is -2.11. The molecular formula is C27H36ClN3O4S. The predicted octanol–water partition coefficient (Wildman–Crippen LogP) is 4.61. The normalized spacial score (nSPS) is 15.1. The average Bonchev–Trinajstić information content (AvgIpc) is 3.38. The van der Waals surface area contributed by atoms with Crippen LogP contribution in [-0.4, -0.2) is 55.1 Å². The topological polar surface area (TPSA) is 86.8 Å². The second-order valence-corrected chi connectivity index (χ2v) is 11.8. The van der Waals surface area contributed by atoms with Crippen LogP contribution in [-0.2, 0) is 26.2 Å². The van der Waals surface area contributed by atoms with Crippen molar-refractivity contribution < 1.29 is 18.0 Å². The first kappa shape index (κ1) is 28.2. The molecule has 0 aliphatic heterocycles. The van der Waals surface area contributed by atoms with Crippen molar-refractivity contribution in [3.05, 3.63) is 65.2 Å². The van der Waals surface area contributed by atoms with Gasteiger partial charge >= 0.3 is 0 Å². The molecule has 7 nitrogen and oxygen atoms in total. The first-order valence-corrected chi connectivity index (χ1v) is 14.4. The van der Waals surface area contributed by atoms with Gasteiger partial charge in [-0.25, -0.2) is 12.7 Å². The number of hydrogen-bond acceptors (Lipinski definition) is 4. The van der Waals surface area contributed by atoms with Crippen molar-refractivity contribution in [1.29, 1.82) is 0 Å². The first-order valence-electron chi connectivity index (χ1n) is 12.6. The molecule has 3 rings (SSSR count). The Labute approximate surface area is 219 Å².